The number of nitrogens with one attached hydrogen (secondary N) is 1. The van der Waals surface area contributed by atoms with Crippen molar-refractivity contribution in [1.29, 1.82) is 0 Å². The second-order valence-corrected chi connectivity index (χ2v) is 3.19. The van der Waals surface area contributed by atoms with Crippen molar-refractivity contribution in [1.82, 2.24) is 15.2 Å². The lowest BCUT2D eigenvalue weighted by molar-refractivity contribution is -0.136. The van der Waals surface area contributed by atoms with Gasteiger partial charge >= 0.3 is 5.97 Å². The lowest BCUT2D eigenvalue weighted by atomic mass is 10.1. The summed E-state index contributed by atoms with van der Waals surface area (Å²) in [6.07, 6.45) is 1.17. The van der Waals surface area contributed by atoms with E-state index in [2.05, 4.69) is 15.2 Å². The van der Waals surface area contributed by atoms with Gasteiger partial charge in [0.15, 0.2) is 0 Å². The van der Waals surface area contributed by atoms with Crippen LogP contribution in [0.3, 0.4) is 0 Å². The van der Waals surface area contributed by atoms with Gasteiger partial charge in [-0.1, -0.05) is 0 Å². The minimum atomic E-state index is -1.01. The van der Waals surface area contributed by atoms with Gasteiger partial charge in [-0.25, -0.2) is 0 Å². The van der Waals surface area contributed by atoms with Crippen LogP contribution in [0.4, 0.5) is 0 Å². The number of amides is 1. The molecule has 0 aromatic carbocycles. The number of primary amides is 1. The molecule has 2 aromatic rings. The molecule has 16 heavy (non-hydrogen) atoms. The fourth-order valence-electron chi connectivity index (χ4n) is 1.46. The van der Waals surface area contributed by atoms with Crippen LogP contribution in [0.1, 0.15) is 16.2 Å². The largest absolute Gasteiger partial charge is 0.481 e. The molecule has 7 nitrogen and oxygen atoms in total. The van der Waals surface area contributed by atoms with Crippen molar-refractivity contribution < 1.29 is 14.7 Å². The highest BCUT2D eigenvalue weighted by atomic mass is 16.4. The molecule has 0 saturated carbocycles. The number of pyridine rings is 1. The van der Waals surface area contributed by atoms with Crippen LogP contribution in [-0.2, 0) is 11.2 Å². The molecular formula is C9H8N4O3. The van der Waals surface area contributed by atoms with E-state index in [1.165, 1.54) is 6.20 Å². The third kappa shape index (κ3) is 1.58. The minimum absolute atomic E-state index is 0.157. The van der Waals surface area contributed by atoms with Gasteiger partial charge in [-0.05, 0) is 6.07 Å². The van der Waals surface area contributed by atoms with Crippen molar-refractivity contribution >= 4 is 22.8 Å². The van der Waals surface area contributed by atoms with Gasteiger partial charge in [-0.15, -0.1) is 0 Å². The lowest BCUT2D eigenvalue weighted by Gasteiger charge is -1.97. The average molecular weight is 220 g/mol. The summed E-state index contributed by atoms with van der Waals surface area (Å²) < 4.78 is 0. The molecule has 2 aromatic heterocycles. The van der Waals surface area contributed by atoms with Crippen LogP contribution in [0.25, 0.3) is 10.9 Å². The summed E-state index contributed by atoms with van der Waals surface area (Å²) >= 11 is 0. The molecule has 1 amide bonds. The number of nitrogens with two attached hydrogens (primary N) is 1. The fraction of sp³-hybridized carbons (Fsp3) is 0.111. The third-order valence-corrected chi connectivity index (χ3v) is 2.11. The summed E-state index contributed by atoms with van der Waals surface area (Å²) in [6.45, 7) is 0. The van der Waals surface area contributed by atoms with E-state index >= 15 is 0 Å². The number of carboxylic acids is 1. The van der Waals surface area contributed by atoms with Crippen LogP contribution in [0.5, 0.6) is 0 Å². The molecular weight excluding hydrogens is 212 g/mol. The van der Waals surface area contributed by atoms with Crippen molar-refractivity contribution in [2.24, 2.45) is 5.73 Å². The Hall–Kier alpha value is -2.44. The van der Waals surface area contributed by atoms with Gasteiger partial charge in [-0.2, -0.15) is 5.10 Å². The molecule has 0 aliphatic rings. The number of nitrogens with zero attached hydrogens (tertiary/aromatic N) is 2. The van der Waals surface area contributed by atoms with E-state index in [0.717, 1.165) is 0 Å². The second-order valence-electron chi connectivity index (χ2n) is 3.19. The highest BCUT2D eigenvalue weighted by Gasteiger charge is 2.15. The molecule has 82 valence electrons. The zero-order valence-corrected chi connectivity index (χ0v) is 8.10. The van der Waals surface area contributed by atoms with Gasteiger partial charge in [-0.3, -0.25) is 19.7 Å². The van der Waals surface area contributed by atoms with E-state index < -0.39 is 11.9 Å². The Morgan fingerprint density at radius 2 is 2.25 bits per heavy atom. The number of aromatic nitrogens is 3. The number of aromatic amines is 1. The highest BCUT2D eigenvalue weighted by molar-refractivity contribution is 6.04. The maximum atomic E-state index is 11.0. The van der Waals surface area contributed by atoms with Crippen molar-refractivity contribution in [3.63, 3.8) is 0 Å². The van der Waals surface area contributed by atoms with E-state index in [1.54, 1.807) is 6.07 Å². The first-order valence-electron chi connectivity index (χ1n) is 4.43. The quantitative estimate of drug-likeness (QED) is 0.654. The number of H-pyrrole nitrogens is 1. The topological polar surface area (TPSA) is 122 Å². The number of hydrogen-bond acceptors (Lipinski definition) is 4. The Labute approximate surface area is 89.3 Å². The standard InChI is InChI=1S/C9H8N4O3/c10-9(16)8-4-1-2-11-5(3-6(14)15)7(4)12-13-8/h1-2H,3H2,(H2,10,16)(H,12,13)(H,14,15). The Bertz CT molecular complexity index is 575. The number of rotatable bonds is 3. The summed E-state index contributed by atoms with van der Waals surface area (Å²) in [5.41, 5.74) is 5.94. The molecule has 0 radical (unpaired) electrons. The molecule has 0 saturated heterocycles. The second kappa shape index (κ2) is 3.61. The van der Waals surface area contributed by atoms with Gasteiger partial charge in [0.1, 0.15) is 11.2 Å². The van der Waals surface area contributed by atoms with Gasteiger partial charge in [0.2, 0.25) is 0 Å². The van der Waals surface area contributed by atoms with Crippen LogP contribution in [-0.4, -0.2) is 32.2 Å². The minimum Gasteiger partial charge on any atom is -0.481 e. The summed E-state index contributed by atoms with van der Waals surface area (Å²) in [7, 11) is 0. The molecule has 2 heterocycles. The van der Waals surface area contributed by atoms with Gasteiger partial charge < -0.3 is 10.8 Å². The van der Waals surface area contributed by atoms with Crippen LogP contribution in [0, 0.1) is 0 Å². The molecule has 0 aliphatic heterocycles. The first-order valence-corrected chi connectivity index (χ1v) is 4.43. The van der Waals surface area contributed by atoms with E-state index in [1.807, 2.05) is 0 Å². The SMILES string of the molecule is NC(=O)c1[nH]nc2c(CC(=O)O)nccc12. The maximum Gasteiger partial charge on any atom is 0.309 e. The smallest absolute Gasteiger partial charge is 0.309 e. The fourth-order valence-corrected chi connectivity index (χ4v) is 1.46. The molecule has 4 N–H and O–H groups in total. The number of carboxylic acid groups (broad SMARTS) is 1. The van der Waals surface area contributed by atoms with E-state index in [9.17, 15) is 9.59 Å². The molecule has 0 aliphatic carbocycles. The van der Waals surface area contributed by atoms with Crippen LogP contribution in [0.15, 0.2) is 12.3 Å². The molecule has 0 atom stereocenters. The van der Waals surface area contributed by atoms with E-state index in [-0.39, 0.29) is 12.1 Å². The van der Waals surface area contributed by atoms with Gasteiger partial charge in [0, 0.05) is 11.6 Å². The Kier molecular flexibility index (Phi) is 2.28. The molecule has 0 unspecified atom stereocenters. The average Bonchev–Trinajstić information content (AvgIpc) is 2.61. The number of aliphatic carboxylic acids is 1. The van der Waals surface area contributed by atoms with Gasteiger partial charge in [0.25, 0.3) is 5.91 Å². The number of hydrogen-bond donors (Lipinski definition) is 3. The zero-order valence-electron chi connectivity index (χ0n) is 8.10. The Balaban J connectivity index is 2.61. The Morgan fingerprint density at radius 1 is 1.50 bits per heavy atom. The monoisotopic (exact) mass is 220 g/mol. The van der Waals surface area contributed by atoms with Crippen LogP contribution in [0.2, 0.25) is 0 Å². The molecule has 0 spiro atoms. The molecule has 2 rings (SSSR count). The summed E-state index contributed by atoms with van der Waals surface area (Å²) in [5.74, 6) is -1.65. The summed E-state index contributed by atoms with van der Waals surface area (Å²) in [5, 5.41) is 15.5. The Morgan fingerprint density at radius 3 is 2.88 bits per heavy atom. The third-order valence-electron chi connectivity index (χ3n) is 2.11. The highest BCUT2D eigenvalue weighted by Crippen LogP contribution is 2.17. The molecule has 0 fully saturated rings. The van der Waals surface area contributed by atoms with E-state index in [0.29, 0.717) is 16.6 Å². The van der Waals surface area contributed by atoms with Crippen molar-refractivity contribution in [2.75, 3.05) is 0 Å². The van der Waals surface area contributed by atoms with Gasteiger partial charge in [0.05, 0.1) is 12.1 Å². The number of carbonyl (C=O) groups is 2. The normalized spacial score (nSPS) is 10.5. The van der Waals surface area contributed by atoms with Crippen molar-refractivity contribution in [3.05, 3.63) is 23.7 Å². The first kappa shape index (κ1) is 10.1. The predicted octanol–water partition coefficient (Wildman–Crippen LogP) is -0.316. The summed E-state index contributed by atoms with van der Waals surface area (Å²) in [6, 6.07) is 1.56. The van der Waals surface area contributed by atoms with Crippen molar-refractivity contribution in [3.8, 4) is 0 Å². The number of carbonyl (C=O) groups excluding carboxylic acids is 1. The maximum absolute atomic E-state index is 11.0. The lowest BCUT2D eigenvalue weighted by Crippen LogP contribution is -2.11. The first-order chi connectivity index (χ1) is 7.59. The van der Waals surface area contributed by atoms with Crippen LogP contribution >= 0.6 is 0 Å². The van der Waals surface area contributed by atoms with Crippen molar-refractivity contribution in [2.45, 2.75) is 6.42 Å². The number of fused-ring (bicyclic) bond motifs is 1. The zero-order chi connectivity index (χ0) is 11.7. The molecule has 7 heteroatoms. The van der Waals surface area contributed by atoms with Crippen LogP contribution < -0.4 is 5.73 Å². The summed E-state index contributed by atoms with van der Waals surface area (Å²) in [4.78, 5) is 25.5. The predicted molar refractivity (Wildman–Crippen MR) is 53.7 cm³/mol. The molecule has 0 bridgehead atoms. The van der Waals surface area contributed by atoms with E-state index in [4.69, 9.17) is 10.8 Å².